The van der Waals surface area contributed by atoms with Crippen LogP contribution in [0.5, 0.6) is 0 Å². The predicted molar refractivity (Wildman–Crippen MR) is 97.3 cm³/mol. The SMILES string of the molecule is CCOC(=O)c1cc(N(Cc2ccccc2)Cc2ccccc2)[nH]n1. The molecule has 1 N–H and O–H groups in total. The van der Waals surface area contributed by atoms with Crippen LogP contribution in [0, 0.1) is 0 Å². The monoisotopic (exact) mass is 335 g/mol. The molecule has 0 saturated carbocycles. The van der Waals surface area contributed by atoms with Crippen molar-refractivity contribution >= 4 is 11.8 Å². The Morgan fingerprint density at radius 3 is 2.08 bits per heavy atom. The quantitative estimate of drug-likeness (QED) is 0.667. The van der Waals surface area contributed by atoms with Crippen molar-refractivity contribution in [1.82, 2.24) is 10.2 Å². The fourth-order valence-electron chi connectivity index (χ4n) is 2.62. The number of ether oxygens (including phenoxy) is 1. The molecule has 0 aliphatic rings. The average molecular weight is 335 g/mol. The van der Waals surface area contributed by atoms with E-state index < -0.39 is 5.97 Å². The Kier molecular flexibility index (Phi) is 5.46. The Balaban J connectivity index is 1.84. The number of aromatic amines is 1. The number of anilines is 1. The molecule has 0 saturated heterocycles. The minimum atomic E-state index is -0.413. The molecule has 0 aliphatic carbocycles. The molecule has 3 aromatic rings. The maximum Gasteiger partial charge on any atom is 0.358 e. The highest BCUT2D eigenvalue weighted by molar-refractivity contribution is 5.88. The molecule has 1 heterocycles. The molecule has 5 heteroatoms. The molecule has 0 bridgehead atoms. The molecular weight excluding hydrogens is 314 g/mol. The van der Waals surface area contributed by atoms with Gasteiger partial charge >= 0.3 is 5.97 Å². The van der Waals surface area contributed by atoms with E-state index >= 15 is 0 Å². The van der Waals surface area contributed by atoms with Gasteiger partial charge in [-0.15, -0.1) is 0 Å². The van der Waals surface area contributed by atoms with Gasteiger partial charge in [-0.05, 0) is 18.1 Å². The van der Waals surface area contributed by atoms with Gasteiger partial charge in [-0.1, -0.05) is 60.7 Å². The van der Waals surface area contributed by atoms with Crippen molar-refractivity contribution in [3.8, 4) is 0 Å². The number of carbonyl (C=O) groups excluding carboxylic acids is 1. The van der Waals surface area contributed by atoms with Gasteiger partial charge in [-0.3, -0.25) is 5.10 Å². The van der Waals surface area contributed by atoms with Crippen molar-refractivity contribution < 1.29 is 9.53 Å². The molecule has 1 aromatic heterocycles. The largest absolute Gasteiger partial charge is 0.461 e. The lowest BCUT2D eigenvalue weighted by Crippen LogP contribution is -2.22. The lowest BCUT2D eigenvalue weighted by atomic mass is 10.1. The first-order chi connectivity index (χ1) is 12.3. The van der Waals surface area contributed by atoms with Crippen molar-refractivity contribution in [2.24, 2.45) is 0 Å². The lowest BCUT2D eigenvalue weighted by Gasteiger charge is -2.23. The van der Waals surface area contributed by atoms with E-state index in [2.05, 4.69) is 39.4 Å². The zero-order chi connectivity index (χ0) is 17.5. The first-order valence-corrected chi connectivity index (χ1v) is 8.31. The fourth-order valence-corrected chi connectivity index (χ4v) is 2.62. The van der Waals surface area contributed by atoms with Crippen LogP contribution in [0.15, 0.2) is 66.7 Å². The summed E-state index contributed by atoms with van der Waals surface area (Å²) in [5.74, 6) is 0.375. The van der Waals surface area contributed by atoms with Crippen molar-refractivity contribution in [2.45, 2.75) is 20.0 Å². The molecule has 0 spiro atoms. The van der Waals surface area contributed by atoms with Gasteiger partial charge in [0.05, 0.1) is 6.61 Å². The summed E-state index contributed by atoms with van der Waals surface area (Å²) < 4.78 is 5.02. The Labute approximate surface area is 147 Å². The Morgan fingerprint density at radius 2 is 1.56 bits per heavy atom. The summed E-state index contributed by atoms with van der Waals surface area (Å²) in [6.45, 7) is 3.53. The summed E-state index contributed by atoms with van der Waals surface area (Å²) in [7, 11) is 0. The maximum atomic E-state index is 11.9. The Hall–Kier alpha value is -3.08. The molecule has 2 aromatic carbocycles. The molecule has 3 rings (SSSR count). The van der Waals surface area contributed by atoms with Crippen LogP contribution in [-0.2, 0) is 17.8 Å². The number of esters is 1. The number of aromatic nitrogens is 2. The highest BCUT2D eigenvalue weighted by Crippen LogP contribution is 2.19. The zero-order valence-electron chi connectivity index (χ0n) is 14.2. The van der Waals surface area contributed by atoms with Gasteiger partial charge in [0, 0.05) is 19.2 Å². The van der Waals surface area contributed by atoms with E-state index in [1.807, 2.05) is 36.4 Å². The third-order valence-electron chi connectivity index (χ3n) is 3.82. The molecule has 0 aliphatic heterocycles. The van der Waals surface area contributed by atoms with E-state index in [4.69, 9.17) is 4.74 Å². The second kappa shape index (κ2) is 8.15. The highest BCUT2D eigenvalue weighted by atomic mass is 16.5. The van der Waals surface area contributed by atoms with Gasteiger partial charge in [-0.25, -0.2) is 4.79 Å². The van der Waals surface area contributed by atoms with E-state index in [0.717, 1.165) is 5.82 Å². The number of benzene rings is 2. The van der Waals surface area contributed by atoms with E-state index in [9.17, 15) is 4.79 Å². The normalized spacial score (nSPS) is 10.4. The van der Waals surface area contributed by atoms with E-state index in [1.54, 1.807) is 13.0 Å². The first kappa shape index (κ1) is 16.8. The zero-order valence-corrected chi connectivity index (χ0v) is 14.2. The van der Waals surface area contributed by atoms with Gasteiger partial charge in [0.25, 0.3) is 0 Å². The maximum absolute atomic E-state index is 11.9. The van der Waals surface area contributed by atoms with Crippen LogP contribution in [0.2, 0.25) is 0 Å². The summed E-state index contributed by atoms with van der Waals surface area (Å²) >= 11 is 0. The van der Waals surface area contributed by atoms with Crippen LogP contribution in [0.4, 0.5) is 5.82 Å². The molecule has 0 radical (unpaired) electrons. The minimum absolute atomic E-state index is 0.294. The summed E-state index contributed by atoms with van der Waals surface area (Å²) in [6.07, 6.45) is 0. The highest BCUT2D eigenvalue weighted by Gasteiger charge is 2.16. The smallest absolute Gasteiger partial charge is 0.358 e. The molecule has 0 atom stereocenters. The summed E-state index contributed by atoms with van der Waals surface area (Å²) in [5.41, 5.74) is 2.67. The second-order valence-corrected chi connectivity index (χ2v) is 5.69. The summed E-state index contributed by atoms with van der Waals surface area (Å²) in [5, 5.41) is 7.06. The molecule has 128 valence electrons. The number of H-pyrrole nitrogens is 1. The summed E-state index contributed by atoms with van der Waals surface area (Å²) in [6, 6.07) is 22.2. The van der Waals surface area contributed by atoms with Crippen molar-refractivity contribution in [2.75, 3.05) is 11.5 Å². The van der Waals surface area contributed by atoms with Crippen LogP contribution >= 0.6 is 0 Å². The van der Waals surface area contributed by atoms with E-state index in [1.165, 1.54) is 11.1 Å². The molecule has 5 nitrogen and oxygen atoms in total. The average Bonchev–Trinajstić information content (AvgIpc) is 3.13. The van der Waals surface area contributed by atoms with Crippen LogP contribution in [0.25, 0.3) is 0 Å². The van der Waals surface area contributed by atoms with Crippen LogP contribution in [0.1, 0.15) is 28.5 Å². The standard InChI is InChI=1S/C20H21N3O2/c1-2-25-20(24)18-13-19(22-21-18)23(14-16-9-5-3-6-10-16)15-17-11-7-4-8-12-17/h3-13H,2,14-15H2,1H3,(H,21,22). The number of hydrogen-bond acceptors (Lipinski definition) is 4. The molecule has 25 heavy (non-hydrogen) atoms. The van der Waals surface area contributed by atoms with Gasteiger partial charge in [0.2, 0.25) is 0 Å². The number of carbonyl (C=O) groups is 1. The van der Waals surface area contributed by atoms with Crippen LogP contribution in [0.3, 0.4) is 0 Å². The van der Waals surface area contributed by atoms with Crippen LogP contribution < -0.4 is 4.90 Å². The number of hydrogen-bond donors (Lipinski definition) is 1. The fraction of sp³-hybridized carbons (Fsp3) is 0.200. The van der Waals surface area contributed by atoms with Crippen LogP contribution in [-0.4, -0.2) is 22.8 Å². The molecular formula is C20H21N3O2. The summed E-state index contributed by atoms with van der Waals surface area (Å²) in [4.78, 5) is 14.0. The van der Waals surface area contributed by atoms with Crippen molar-refractivity contribution in [3.05, 3.63) is 83.6 Å². The van der Waals surface area contributed by atoms with E-state index in [-0.39, 0.29) is 0 Å². The third kappa shape index (κ3) is 4.47. The van der Waals surface area contributed by atoms with Gasteiger partial charge < -0.3 is 9.64 Å². The number of rotatable bonds is 7. The van der Waals surface area contributed by atoms with E-state index in [0.29, 0.717) is 25.4 Å². The second-order valence-electron chi connectivity index (χ2n) is 5.69. The predicted octanol–water partition coefficient (Wildman–Crippen LogP) is 3.79. The van der Waals surface area contributed by atoms with Crippen molar-refractivity contribution in [1.29, 1.82) is 0 Å². The molecule has 0 amide bonds. The van der Waals surface area contributed by atoms with Gasteiger partial charge in [0.1, 0.15) is 5.82 Å². The first-order valence-electron chi connectivity index (χ1n) is 8.31. The molecule has 0 unspecified atom stereocenters. The Morgan fingerprint density at radius 1 is 1.00 bits per heavy atom. The number of nitrogens with zero attached hydrogens (tertiary/aromatic N) is 2. The third-order valence-corrected chi connectivity index (χ3v) is 3.82. The van der Waals surface area contributed by atoms with Gasteiger partial charge in [-0.2, -0.15) is 5.10 Å². The molecule has 0 fully saturated rings. The van der Waals surface area contributed by atoms with Gasteiger partial charge in [0.15, 0.2) is 5.69 Å². The Bertz CT molecular complexity index is 759. The van der Waals surface area contributed by atoms with Crippen molar-refractivity contribution in [3.63, 3.8) is 0 Å². The lowest BCUT2D eigenvalue weighted by molar-refractivity contribution is 0.0519. The minimum Gasteiger partial charge on any atom is -0.461 e. The number of nitrogens with one attached hydrogen (secondary N) is 1. The topological polar surface area (TPSA) is 58.2 Å².